The van der Waals surface area contributed by atoms with Gasteiger partial charge in [-0.25, -0.2) is 4.79 Å². The highest BCUT2D eigenvalue weighted by molar-refractivity contribution is 7.98. The third-order valence-corrected chi connectivity index (χ3v) is 10.7. The predicted octanol–water partition coefficient (Wildman–Crippen LogP) is -0.677. The van der Waals surface area contributed by atoms with Crippen molar-refractivity contribution in [1.82, 2.24) is 37.2 Å². The number of aliphatic carboxylic acids is 2. The van der Waals surface area contributed by atoms with E-state index in [0.29, 0.717) is 11.3 Å². The highest BCUT2D eigenvalue weighted by atomic mass is 32.2. The summed E-state index contributed by atoms with van der Waals surface area (Å²) in [5.41, 5.74) is 6.22. The Hall–Kier alpha value is -4.93. The summed E-state index contributed by atoms with van der Waals surface area (Å²) in [6.45, 7) is 9.88. The monoisotopic (exact) mass is 940 g/mol. The molecule has 0 saturated carbocycles. The second kappa shape index (κ2) is 29.5. The van der Waals surface area contributed by atoms with Gasteiger partial charge in [-0.1, -0.05) is 71.9 Å². The molecule has 7 amide bonds. The van der Waals surface area contributed by atoms with Gasteiger partial charge in [0, 0.05) is 18.6 Å². The molecule has 0 spiro atoms. The number of aliphatic hydroxyl groups excluding tert-OH is 1. The van der Waals surface area contributed by atoms with Gasteiger partial charge in [0.25, 0.3) is 0 Å². The van der Waals surface area contributed by atoms with E-state index in [0.717, 1.165) is 0 Å². The lowest BCUT2D eigenvalue weighted by molar-refractivity contribution is -0.142. The molecule has 0 heterocycles. The standard InChI is InChI=1S/C42H68N8O12S2/c1-22(2)17-29(38(57)47-30(18-23(3)4)39(58)50-34(24(5)6)41(60)48-31(42(61)62)19-25-11-9-8-10-12-25)46-37(56)28(15-16-64-7)45-40(59)32(21-63)49-36(55)27(13-14-33(52)53)44-35(54)26(43)20-51/h8-12,22-24,26-32,34,51,63H,13-21,43H2,1-7H3,(H,44,54)(H,45,59)(H,46,56)(H,47,57)(H,48,60)(H,49,55)(H,50,58)(H,52,53)(H,61,62)/t26-,27-,28-,29-,30-,31-,32-,34-/m0/s1. The van der Waals surface area contributed by atoms with E-state index >= 15 is 0 Å². The van der Waals surface area contributed by atoms with E-state index in [1.807, 2.05) is 27.7 Å². The largest absolute Gasteiger partial charge is 0.481 e. The Morgan fingerprint density at radius 3 is 1.50 bits per heavy atom. The van der Waals surface area contributed by atoms with Crippen LogP contribution in [0.2, 0.25) is 0 Å². The van der Waals surface area contributed by atoms with Gasteiger partial charge in [0.05, 0.1) is 6.61 Å². The Balaban J connectivity index is 3.28. The number of amides is 7. The minimum atomic E-state index is -1.45. The average Bonchev–Trinajstić information content (AvgIpc) is 3.22. The summed E-state index contributed by atoms with van der Waals surface area (Å²) in [7, 11) is 0. The minimum absolute atomic E-state index is 0.00396. The van der Waals surface area contributed by atoms with Gasteiger partial charge in [-0.15, -0.1) is 0 Å². The molecule has 360 valence electrons. The maximum absolute atomic E-state index is 14.0. The van der Waals surface area contributed by atoms with E-state index in [1.165, 1.54) is 11.8 Å². The van der Waals surface area contributed by atoms with Crippen LogP contribution in [0, 0.1) is 17.8 Å². The molecule has 64 heavy (non-hydrogen) atoms. The Morgan fingerprint density at radius 2 is 1.05 bits per heavy atom. The van der Waals surface area contributed by atoms with E-state index in [9.17, 15) is 53.4 Å². The summed E-state index contributed by atoms with van der Waals surface area (Å²) in [4.78, 5) is 118. The summed E-state index contributed by atoms with van der Waals surface area (Å²) in [6.07, 6.45) is 1.21. The van der Waals surface area contributed by atoms with Gasteiger partial charge in [0.1, 0.15) is 48.3 Å². The molecule has 0 aliphatic carbocycles. The van der Waals surface area contributed by atoms with Crippen molar-refractivity contribution in [2.45, 2.75) is 128 Å². The lowest BCUT2D eigenvalue weighted by Gasteiger charge is -2.29. The third kappa shape index (κ3) is 21.2. The Kier molecular flexibility index (Phi) is 26.3. The normalized spacial score (nSPS) is 15.0. The molecule has 0 bridgehead atoms. The highest BCUT2D eigenvalue weighted by Gasteiger charge is 2.35. The zero-order valence-corrected chi connectivity index (χ0v) is 39.3. The number of hydrogen-bond acceptors (Lipinski definition) is 13. The number of thiol groups is 1. The summed E-state index contributed by atoms with van der Waals surface area (Å²) >= 11 is 5.55. The molecule has 1 aromatic rings. The molecular weight excluding hydrogens is 873 g/mol. The summed E-state index contributed by atoms with van der Waals surface area (Å²) < 4.78 is 0. The van der Waals surface area contributed by atoms with Crippen molar-refractivity contribution < 1.29 is 58.5 Å². The van der Waals surface area contributed by atoms with Crippen LogP contribution in [0.15, 0.2) is 30.3 Å². The molecule has 0 unspecified atom stereocenters. The molecule has 1 aromatic carbocycles. The maximum atomic E-state index is 14.0. The number of nitrogens with two attached hydrogens (primary N) is 1. The first kappa shape index (κ1) is 57.1. The molecule has 1 rings (SSSR count). The number of benzene rings is 1. The van der Waals surface area contributed by atoms with Crippen molar-refractivity contribution in [2.75, 3.05) is 24.4 Å². The molecule has 20 nitrogen and oxygen atoms in total. The van der Waals surface area contributed by atoms with Crippen molar-refractivity contribution >= 4 is 77.7 Å². The first-order valence-corrected chi connectivity index (χ1v) is 23.1. The smallest absolute Gasteiger partial charge is 0.326 e. The second-order valence-corrected chi connectivity index (χ2v) is 17.9. The molecule has 0 aliphatic rings. The molecule has 0 aromatic heterocycles. The average molecular weight is 941 g/mol. The molecule has 0 fully saturated rings. The van der Waals surface area contributed by atoms with Crippen molar-refractivity contribution in [2.24, 2.45) is 23.5 Å². The fourth-order valence-electron chi connectivity index (χ4n) is 6.19. The quantitative estimate of drug-likeness (QED) is 0.0426. The van der Waals surface area contributed by atoms with Crippen LogP contribution in [-0.4, -0.2) is 141 Å². The van der Waals surface area contributed by atoms with E-state index in [4.69, 9.17) is 10.8 Å². The van der Waals surface area contributed by atoms with Crippen molar-refractivity contribution in [3.8, 4) is 0 Å². The third-order valence-electron chi connectivity index (χ3n) is 9.70. The fourth-order valence-corrected chi connectivity index (χ4v) is 6.92. The van der Waals surface area contributed by atoms with Crippen LogP contribution in [0.25, 0.3) is 0 Å². The number of hydrogen-bond donors (Lipinski definition) is 12. The van der Waals surface area contributed by atoms with Gasteiger partial charge in [0.2, 0.25) is 41.4 Å². The summed E-state index contributed by atoms with van der Waals surface area (Å²) in [6, 6.07) is -1.57. The number of rotatable bonds is 30. The second-order valence-electron chi connectivity index (χ2n) is 16.6. The van der Waals surface area contributed by atoms with Crippen molar-refractivity contribution in [3.63, 3.8) is 0 Å². The van der Waals surface area contributed by atoms with Crippen LogP contribution >= 0.6 is 24.4 Å². The zero-order chi connectivity index (χ0) is 48.7. The van der Waals surface area contributed by atoms with Crippen LogP contribution in [0.3, 0.4) is 0 Å². The van der Waals surface area contributed by atoms with Gasteiger partial charge in [0.15, 0.2) is 0 Å². The number of carboxylic acid groups (broad SMARTS) is 2. The number of carbonyl (C=O) groups is 9. The van der Waals surface area contributed by atoms with Crippen LogP contribution in [0.4, 0.5) is 0 Å². The first-order chi connectivity index (χ1) is 30.0. The van der Waals surface area contributed by atoms with Gasteiger partial charge in [-0.05, 0) is 61.0 Å². The van der Waals surface area contributed by atoms with E-state index in [2.05, 4.69) is 49.8 Å². The van der Waals surface area contributed by atoms with E-state index in [-0.39, 0.29) is 49.7 Å². The van der Waals surface area contributed by atoms with Gasteiger partial charge in [-0.2, -0.15) is 24.4 Å². The lowest BCUT2D eigenvalue weighted by Crippen LogP contribution is -2.61. The summed E-state index contributed by atoms with van der Waals surface area (Å²) in [5.74, 6) is -8.81. The number of carboxylic acids is 2. The molecule has 8 atom stereocenters. The maximum Gasteiger partial charge on any atom is 0.326 e. The lowest BCUT2D eigenvalue weighted by atomic mass is 9.98. The number of nitrogens with one attached hydrogen (secondary N) is 7. The van der Waals surface area contributed by atoms with Crippen molar-refractivity contribution in [1.29, 1.82) is 0 Å². The highest BCUT2D eigenvalue weighted by Crippen LogP contribution is 2.13. The van der Waals surface area contributed by atoms with Crippen LogP contribution in [0.5, 0.6) is 0 Å². The van der Waals surface area contributed by atoms with Crippen molar-refractivity contribution in [3.05, 3.63) is 35.9 Å². The van der Waals surface area contributed by atoms with Crippen LogP contribution in [0.1, 0.15) is 79.2 Å². The van der Waals surface area contributed by atoms with Crippen LogP contribution in [-0.2, 0) is 49.6 Å². The number of thioether (sulfide) groups is 1. The topological polar surface area (TPSA) is 325 Å². The molecule has 0 saturated heterocycles. The Labute approximate surface area is 384 Å². The fraction of sp³-hybridized carbons (Fsp3) is 0.643. The first-order valence-electron chi connectivity index (χ1n) is 21.1. The molecule has 12 N–H and O–H groups in total. The summed E-state index contributed by atoms with van der Waals surface area (Å²) in [5, 5.41) is 46.2. The Bertz CT molecular complexity index is 1720. The molecule has 0 aliphatic heterocycles. The molecule has 0 radical (unpaired) electrons. The van der Waals surface area contributed by atoms with Crippen LogP contribution < -0.4 is 43.0 Å². The van der Waals surface area contributed by atoms with Gasteiger partial charge >= 0.3 is 11.9 Å². The number of carbonyl (C=O) groups excluding carboxylic acids is 7. The minimum Gasteiger partial charge on any atom is -0.481 e. The zero-order valence-electron chi connectivity index (χ0n) is 37.6. The molecular formula is C42H68N8O12S2. The van der Waals surface area contributed by atoms with E-state index < -0.39 is 121 Å². The Morgan fingerprint density at radius 1 is 0.609 bits per heavy atom. The van der Waals surface area contributed by atoms with Gasteiger partial charge < -0.3 is 58.3 Å². The molecule has 22 heteroatoms. The SMILES string of the molecule is CSCC[C@H](NC(=O)[C@H](CS)NC(=O)[C@H](CCC(=O)O)NC(=O)[C@@H](N)CO)C(=O)N[C@@H](CC(C)C)C(=O)N[C@@H](CC(C)C)C(=O)N[C@H](C(=O)N[C@@H](Cc1ccccc1)C(=O)O)C(C)C. The number of aliphatic hydroxyl groups is 1. The predicted molar refractivity (Wildman–Crippen MR) is 244 cm³/mol. The van der Waals surface area contributed by atoms with Gasteiger partial charge in [-0.3, -0.25) is 38.4 Å². The van der Waals surface area contributed by atoms with E-state index in [1.54, 1.807) is 50.4 Å².